The first-order chi connectivity index (χ1) is 15.0. The molecule has 1 saturated heterocycles. The highest BCUT2D eigenvalue weighted by molar-refractivity contribution is 6.04. The first kappa shape index (κ1) is 23.4. The fourth-order valence-corrected chi connectivity index (χ4v) is 3.14. The lowest BCUT2D eigenvalue weighted by Crippen LogP contribution is -2.36. The van der Waals surface area contributed by atoms with Gasteiger partial charge in [0, 0.05) is 13.6 Å². The van der Waals surface area contributed by atoms with Crippen LogP contribution in [0, 0.1) is 0 Å². The molecule has 174 valence electrons. The van der Waals surface area contributed by atoms with Gasteiger partial charge in [-0.15, -0.1) is 0 Å². The summed E-state index contributed by atoms with van der Waals surface area (Å²) >= 11 is 0. The van der Waals surface area contributed by atoms with E-state index in [2.05, 4.69) is 25.8 Å². The van der Waals surface area contributed by atoms with Crippen molar-refractivity contribution in [1.29, 1.82) is 0 Å². The van der Waals surface area contributed by atoms with E-state index in [0.717, 1.165) is 12.5 Å². The number of aromatic nitrogens is 5. The van der Waals surface area contributed by atoms with Gasteiger partial charge in [-0.3, -0.25) is 10.1 Å². The lowest BCUT2D eigenvalue weighted by molar-refractivity contribution is -0.141. The monoisotopic (exact) mass is 457 g/mol. The number of tetrazole rings is 1. The molecule has 32 heavy (non-hydrogen) atoms. The van der Waals surface area contributed by atoms with Crippen molar-refractivity contribution in [3.05, 3.63) is 29.1 Å². The average Bonchev–Trinajstić information content (AvgIpc) is 3.23. The molecule has 1 N–H and O–H groups in total. The van der Waals surface area contributed by atoms with Crippen LogP contribution in [0.4, 0.5) is 23.9 Å². The molecule has 0 saturated carbocycles. The van der Waals surface area contributed by atoms with Gasteiger partial charge >= 0.3 is 12.3 Å². The van der Waals surface area contributed by atoms with Crippen LogP contribution in [0.15, 0.2) is 12.1 Å². The van der Waals surface area contributed by atoms with E-state index in [-0.39, 0.29) is 30.4 Å². The van der Waals surface area contributed by atoms with E-state index in [1.54, 1.807) is 6.92 Å². The molecule has 3 rings (SSSR count). The minimum atomic E-state index is -4.70. The lowest BCUT2D eigenvalue weighted by atomic mass is 10.1. The van der Waals surface area contributed by atoms with Crippen molar-refractivity contribution in [2.45, 2.75) is 38.7 Å². The Bertz CT molecular complexity index is 997. The Morgan fingerprint density at radius 3 is 2.75 bits per heavy atom. The van der Waals surface area contributed by atoms with Crippen LogP contribution < -0.4 is 5.32 Å². The van der Waals surface area contributed by atoms with Crippen molar-refractivity contribution >= 4 is 17.9 Å². The number of cyclic esters (lactones) is 1. The van der Waals surface area contributed by atoms with Crippen molar-refractivity contribution in [3.63, 3.8) is 0 Å². The Balaban J connectivity index is 1.75. The summed E-state index contributed by atoms with van der Waals surface area (Å²) < 4.78 is 51.5. The van der Waals surface area contributed by atoms with E-state index in [1.165, 1.54) is 16.6 Å². The molecule has 11 nitrogen and oxygen atoms in total. The number of hydrogen-bond donors (Lipinski definition) is 1. The molecule has 14 heteroatoms. The fraction of sp³-hybridized carbons (Fsp3) is 0.556. The predicted molar refractivity (Wildman–Crippen MR) is 102 cm³/mol. The molecule has 1 atom stereocenters. The maximum absolute atomic E-state index is 13.1. The number of hydrogen-bond acceptors (Lipinski definition) is 8. The quantitative estimate of drug-likeness (QED) is 0.638. The number of nitrogens with zero attached hydrogens (tertiary/aromatic N) is 6. The number of alkyl halides is 3. The molecule has 0 aliphatic carbocycles. The maximum atomic E-state index is 13.1. The standard InChI is InChI=1S/C18H22F3N7O4/c1-4-7-28-9-17(2,32-16(28)30)10-31-8-12-11(5-6-13(22-12)18(19,20)21)14(29)23-15-24-25-26-27(15)3/h5-6H,4,7-10H2,1-3H3,(H,23,24,26,29). The zero-order chi connectivity index (χ0) is 23.5. The van der Waals surface area contributed by atoms with E-state index in [4.69, 9.17) is 9.47 Å². The van der Waals surface area contributed by atoms with E-state index in [9.17, 15) is 22.8 Å². The summed E-state index contributed by atoms with van der Waals surface area (Å²) in [4.78, 5) is 29.6. The van der Waals surface area contributed by atoms with Gasteiger partial charge in [0.25, 0.3) is 5.91 Å². The Labute approximate surface area is 180 Å². The molecule has 2 aromatic heterocycles. The molecule has 2 aromatic rings. The number of carbonyl (C=O) groups is 2. The molecule has 3 heterocycles. The van der Waals surface area contributed by atoms with Crippen LogP contribution in [0.2, 0.25) is 0 Å². The highest BCUT2D eigenvalue weighted by Gasteiger charge is 2.41. The first-order valence-corrected chi connectivity index (χ1v) is 9.69. The molecule has 0 radical (unpaired) electrons. The van der Waals surface area contributed by atoms with Crippen LogP contribution in [-0.2, 0) is 29.3 Å². The van der Waals surface area contributed by atoms with Crippen molar-refractivity contribution in [2.75, 3.05) is 25.0 Å². The molecule has 2 amide bonds. The Morgan fingerprint density at radius 1 is 1.38 bits per heavy atom. The van der Waals surface area contributed by atoms with Crippen molar-refractivity contribution in [3.8, 4) is 0 Å². The van der Waals surface area contributed by atoms with Crippen LogP contribution in [0.5, 0.6) is 0 Å². The summed E-state index contributed by atoms with van der Waals surface area (Å²) in [6, 6.07) is 1.71. The molecule has 0 spiro atoms. The summed E-state index contributed by atoms with van der Waals surface area (Å²) in [5.41, 5.74) is -2.51. The third kappa shape index (κ3) is 5.30. The number of ether oxygens (including phenoxy) is 2. The van der Waals surface area contributed by atoms with E-state index in [1.807, 2.05) is 6.92 Å². The van der Waals surface area contributed by atoms with Gasteiger partial charge in [-0.05, 0) is 35.9 Å². The molecule has 1 aliphatic heterocycles. The van der Waals surface area contributed by atoms with Gasteiger partial charge in [-0.2, -0.15) is 13.2 Å². The smallest absolute Gasteiger partial charge is 0.433 e. The van der Waals surface area contributed by atoms with Gasteiger partial charge in [0.2, 0.25) is 5.95 Å². The van der Waals surface area contributed by atoms with E-state index in [0.29, 0.717) is 12.6 Å². The Hall–Kier alpha value is -3.29. The number of carbonyl (C=O) groups excluding carboxylic acids is 2. The second kappa shape index (κ2) is 9.06. The number of rotatable bonds is 8. The van der Waals surface area contributed by atoms with Crippen molar-refractivity contribution in [2.24, 2.45) is 7.05 Å². The number of aryl methyl sites for hydroxylation is 1. The molecule has 1 fully saturated rings. The molecular formula is C18H22F3N7O4. The third-order valence-electron chi connectivity index (χ3n) is 4.61. The number of halogens is 3. The van der Waals surface area contributed by atoms with Gasteiger partial charge < -0.3 is 14.4 Å². The van der Waals surface area contributed by atoms with E-state index < -0.39 is 36.1 Å². The molecule has 0 aromatic carbocycles. The minimum Gasteiger partial charge on any atom is -0.439 e. The summed E-state index contributed by atoms with van der Waals surface area (Å²) in [6.45, 7) is 3.88. The van der Waals surface area contributed by atoms with Gasteiger partial charge in [-0.1, -0.05) is 12.0 Å². The number of pyridine rings is 1. The first-order valence-electron chi connectivity index (χ1n) is 9.69. The summed E-state index contributed by atoms with van der Waals surface area (Å²) in [5.74, 6) is -0.751. The zero-order valence-corrected chi connectivity index (χ0v) is 17.6. The third-order valence-corrected chi connectivity index (χ3v) is 4.61. The average molecular weight is 457 g/mol. The summed E-state index contributed by atoms with van der Waals surface area (Å²) in [5, 5.41) is 13.0. The number of nitrogens with one attached hydrogen (secondary N) is 1. The zero-order valence-electron chi connectivity index (χ0n) is 17.6. The van der Waals surface area contributed by atoms with Crippen LogP contribution >= 0.6 is 0 Å². The fourth-order valence-electron chi connectivity index (χ4n) is 3.14. The molecular weight excluding hydrogens is 435 g/mol. The second-order valence-corrected chi connectivity index (χ2v) is 7.50. The minimum absolute atomic E-state index is 0.00293. The summed E-state index contributed by atoms with van der Waals surface area (Å²) in [7, 11) is 1.48. The largest absolute Gasteiger partial charge is 0.439 e. The molecule has 1 aliphatic rings. The van der Waals surface area contributed by atoms with Crippen LogP contribution in [-0.4, -0.2) is 67.4 Å². The number of amides is 2. The maximum Gasteiger partial charge on any atom is 0.433 e. The van der Waals surface area contributed by atoms with Crippen LogP contribution in [0.25, 0.3) is 0 Å². The molecule has 0 bridgehead atoms. The van der Waals surface area contributed by atoms with Gasteiger partial charge in [0.15, 0.2) is 5.60 Å². The highest BCUT2D eigenvalue weighted by atomic mass is 19.4. The van der Waals surface area contributed by atoms with Gasteiger partial charge in [-0.25, -0.2) is 14.5 Å². The summed E-state index contributed by atoms with van der Waals surface area (Å²) in [6.07, 6.45) is -4.43. The Kier molecular flexibility index (Phi) is 6.62. The number of anilines is 1. The predicted octanol–water partition coefficient (Wildman–Crippen LogP) is 2.01. The topological polar surface area (TPSA) is 124 Å². The van der Waals surface area contributed by atoms with Gasteiger partial charge in [0.1, 0.15) is 5.69 Å². The normalized spacial score (nSPS) is 18.7. The second-order valence-electron chi connectivity index (χ2n) is 7.50. The van der Waals surface area contributed by atoms with Crippen LogP contribution in [0.1, 0.15) is 42.0 Å². The van der Waals surface area contributed by atoms with Gasteiger partial charge in [0.05, 0.1) is 31.0 Å². The Morgan fingerprint density at radius 2 is 2.12 bits per heavy atom. The van der Waals surface area contributed by atoms with Crippen LogP contribution in [0.3, 0.4) is 0 Å². The van der Waals surface area contributed by atoms with Crippen molar-refractivity contribution < 1.29 is 32.2 Å². The highest BCUT2D eigenvalue weighted by Crippen LogP contribution is 2.29. The van der Waals surface area contributed by atoms with E-state index >= 15 is 0 Å². The lowest BCUT2D eigenvalue weighted by Gasteiger charge is -2.22. The SMILES string of the molecule is CCCN1CC(C)(COCc2nc(C(F)(F)F)ccc2C(=O)Nc2nnnn2C)OC1=O. The van der Waals surface area contributed by atoms with Crippen molar-refractivity contribution in [1.82, 2.24) is 30.1 Å². The molecule has 1 unspecified atom stereocenters.